The van der Waals surface area contributed by atoms with Gasteiger partial charge in [0.15, 0.2) is 6.04 Å². The Hall–Kier alpha value is -4.00. The lowest BCUT2D eigenvalue weighted by molar-refractivity contribution is -0.142. The number of amides is 2. The van der Waals surface area contributed by atoms with E-state index in [4.69, 9.17) is 14.2 Å². The second-order valence-corrected chi connectivity index (χ2v) is 7.28. The molecule has 32 heavy (non-hydrogen) atoms. The molecular formula is C25H24N2O5. The SMILES string of the molecule is COC(=O)[C@H]1[C@@H](c2ccc(OC)cc2OCc2ccccc2)NC(=O)N1c1ccccc1. The monoisotopic (exact) mass is 432 g/mol. The third-order valence-corrected chi connectivity index (χ3v) is 5.36. The van der Waals surface area contributed by atoms with E-state index in [0.717, 1.165) is 5.56 Å². The molecule has 7 heteroatoms. The van der Waals surface area contributed by atoms with Crippen LogP contribution in [0.5, 0.6) is 11.5 Å². The molecule has 1 saturated heterocycles. The molecule has 2 atom stereocenters. The fourth-order valence-electron chi connectivity index (χ4n) is 3.79. The molecule has 164 valence electrons. The summed E-state index contributed by atoms with van der Waals surface area (Å²) in [5.74, 6) is 0.597. The van der Waals surface area contributed by atoms with Gasteiger partial charge in [0.1, 0.15) is 18.1 Å². The van der Waals surface area contributed by atoms with Crippen LogP contribution in [0.3, 0.4) is 0 Å². The van der Waals surface area contributed by atoms with Crippen LogP contribution in [0.2, 0.25) is 0 Å². The van der Waals surface area contributed by atoms with E-state index < -0.39 is 18.1 Å². The number of methoxy groups -OCH3 is 2. The Bertz CT molecular complexity index is 1090. The van der Waals surface area contributed by atoms with Gasteiger partial charge in [0.2, 0.25) is 0 Å². The number of hydrogen-bond donors (Lipinski definition) is 1. The molecule has 1 aliphatic rings. The van der Waals surface area contributed by atoms with Crippen molar-refractivity contribution in [1.82, 2.24) is 5.32 Å². The first-order valence-electron chi connectivity index (χ1n) is 10.2. The van der Waals surface area contributed by atoms with E-state index in [-0.39, 0.29) is 6.03 Å². The molecule has 1 heterocycles. The van der Waals surface area contributed by atoms with Gasteiger partial charge in [-0.1, -0.05) is 48.5 Å². The van der Waals surface area contributed by atoms with E-state index in [1.54, 1.807) is 37.4 Å². The first-order chi connectivity index (χ1) is 15.6. The van der Waals surface area contributed by atoms with Gasteiger partial charge in [0, 0.05) is 17.3 Å². The van der Waals surface area contributed by atoms with Crippen molar-refractivity contribution in [2.24, 2.45) is 0 Å². The molecule has 0 unspecified atom stereocenters. The highest BCUT2D eigenvalue weighted by Gasteiger charge is 2.47. The molecule has 0 aromatic heterocycles. The largest absolute Gasteiger partial charge is 0.497 e. The van der Waals surface area contributed by atoms with Crippen LogP contribution in [0, 0.1) is 0 Å². The summed E-state index contributed by atoms with van der Waals surface area (Å²) in [5, 5.41) is 2.93. The van der Waals surface area contributed by atoms with Crippen molar-refractivity contribution in [3.05, 3.63) is 90.0 Å². The number of para-hydroxylation sites is 1. The molecule has 0 spiro atoms. The topological polar surface area (TPSA) is 77.1 Å². The summed E-state index contributed by atoms with van der Waals surface area (Å²) in [7, 11) is 2.88. The number of carbonyl (C=O) groups excluding carboxylic acids is 2. The van der Waals surface area contributed by atoms with Crippen molar-refractivity contribution in [3.63, 3.8) is 0 Å². The summed E-state index contributed by atoms with van der Waals surface area (Å²) in [6.45, 7) is 0.326. The number of nitrogens with one attached hydrogen (secondary N) is 1. The Morgan fingerprint density at radius 1 is 0.969 bits per heavy atom. The average molecular weight is 432 g/mol. The molecule has 2 amide bonds. The standard InChI is InChI=1S/C25H24N2O5/c1-30-19-13-14-20(21(15-19)32-16-17-9-5-3-6-10-17)22-23(24(28)31-2)27(25(29)26-22)18-11-7-4-8-12-18/h3-15,22-23H,16H2,1-2H3,(H,26,29)/t22-,23-/m1/s1. The van der Waals surface area contributed by atoms with Gasteiger partial charge >= 0.3 is 12.0 Å². The van der Waals surface area contributed by atoms with Crippen molar-refractivity contribution < 1.29 is 23.8 Å². The van der Waals surface area contributed by atoms with E-state index in [1.165, 1.54) is 12.0 Å². The van der Waals surface area contributed by atoms with Crippen LogP contribution in [0.25, 0.3) is 0 Å². The van der Waals surface area contributed by atoms with Crippen LogP contribution in [0.1, 0.15) is 17.2 Å². The zero-order valence-corrected chi connectivity index (χ0v) is 17.9. The first kappa shape index (κ1) is 21.2. The summed E-state index contributed by atoms with van der Waals surface area (Å²) in [6, 6.07) is 22.1. The number of carbonyl (C=O) groups is 2. The van der Waals surface area contributed by atoms with Gasteiger partial charge in [-0.05, 0) is 29.8 Å². The zero-order valence-electron chi connectivity index (χ0n) is 17.9. The Labute approximate surface area is 186 Å². The summed E-state index contributed by atoms with van der Waals surface area (Å²) >= 11 is 0. The van der Waals surface area contributed by atoms with E-state index >= 15 is 0 Å². The molecular weight excluding hydrogens is 408 g/mol. The number of benzene rings is 3. The molecule has 0 bridgehead atoms. The highest BCUT2D eigenvalue weighted by molar-refractivity contribution is 6.02. The number of hydrogen-bond acceptors (Lipinski definition) is 5. The lowest BCUT2D eigenvalue weighted by Crippen LogP contribution is -2.41. The maximum atomic E-state index is 12.9. The summed E-state index contributed by atoms with van der Waals surface area (Å²) in [6.07, 6.45) is 0. The normalized spacial score (nSPS) is 17.6. The van der Waals surface area contributed by atoms with Gasteiger partial charge in [-0.15, -0.1) is 0 Å². The first-order valence-corrected chi connectivity index (χ1v) is 10.2. The summed E-state index contributed by atoms with van der Waals surface area (Å²) in [5.41, 5.74) is 2.25. The third kappa shape index (κ3) is 4.23. The zero-order chi connectivity index (χ0) is 22.5. The number of urea groups is 1. The summed E-state index contributed by atoms with van der Waals surface area (Å²) < 4.78 is 16.5. The number of anilines is 1. The van der Waals surface area contributed by atoms with E-state index in [2.05, 4.69) is 5.32 Å². The minimum absolute atomic E-state index is 0.326. The molecule has 3 aromatic rings. The van der Waals surface area contributed by atoms with Gasteiger partial charge in [-0.3, -0.25) is 4.90 Å². The lowest BCUT2D eigenvalue weighted by atomic mass is 9.98. The fourth-order valence-corrected chi connectivity index (χ4v) is 3.79. The second-order valence-electron chi connectivity index (χ2n) is 7.28. The molecule has 0 aliphatic carbocycles. The van der Waals surface area contributed by atoms with Crippen molar-refractivity contribution in [2.75, 3.05) is 19.1 Å². The third-order valence-electron chi connectivity index (χ3n) is 5.36. The predicted octanol–water partition coefficient (Wildman–Crippen LogP) is 4.09. The molecule has 7 nitrogen and oxygen atoms in total. The van der Waals surface area contributed by atoms with Crippen LogP contribution in [-0.2, 0) is 16.1 Å². The van der Waals surface area contributed by atoms with E-state index in [0.29, 0.717) is 29.4 Å². The van der Waals surface area contributed by atoms with Crippen LogP contribution >= 0.6 is 0 Å². The Morgan fingerprint density at radius 2 is 1.66 bits per heavy atom. The Kier molecular flexibility index (Phi) is 6.26. The number of esters is 1. The van der Waals surface area contributed by atoms with Crippen LogP contribution in [0.15, 0.2) is 78.9 Å². The predicted molar refractivity (Wildman–Crippen MR) is 120 cm³/mol. The maximum Gasteiger partial charge on any atom is 0.331 e. The smallest absolute Gasteiger partial charge is 0.331 e. The molecule has 4 rings (SSSR count). The molecule has 0 saturated carbocycles. The van der Waals surface area contributed by atoms with Gasteiger partial charge < -0.3 is 19.5 Å². The quantitative estimate of drug-likeness (QED) is 0.569. The lowest BCUT2D eigenvalue weighted by Gasteiger charge is -2.25. The molecule has 1 aliphatic heterocycles. The minimum atomic E-state index is -0.901. The van der Waals surface area contributed by atoms with Crippen LogP contribution < -0.4 is 19.7 Å². The Balaban J connectivity index is 1.72. The van der Waals surface area contributed by atoms with Crippen molar-refractivity contribution in [2.45, 2.75) is 18.7 Å². The number of nitrogens with zero attached hydrogens (tertiary/aromatic N) is 1. The highest BCUT2D eigenvalue weighted by Crippen LogP contribution is 2.38. The maximum absolute atomic E-state index is 12.9. The molecule has 1 fully saturated rings. The highest BCUT2D eigenvalue weighted by atomic mass is 16.5. The van der Waals surface area contributed by atoms with Gasteiger partial charge in [0.25, 0.3) is 0 Å². The van der Waals surface area contributed by atoms with Gasteiger partial charge in [0.05, 0.1) is 20.3 Å². The van der Waals surface area contributed by atoms with E-state index in [9.17, 15) is 9.59 Å². The average Bonchev–Trinajstić information content (AvgIpc) is 3.19. The van der Waals surface area contributed by atoms with Gasteiger partial charge in [-0.25, -0.2) is 9.59 Å². The fraction of sp³-hybridized carbons (Fsp3) is 0.200. The van der Waals surface area contributed by atoms with Crippen molar-refractivity contribution in [3.8, 4) is 11.5 Å². The molecule has 0 radical (unpaired) electrons. The minimum Gasteiger partial charge on any atom is -0.497 e. The number of rotatable bonds is 7. The van der Waals surface area contributed by atoms with Crippen LogP contribution in [-0.4, -0.2) is 32.3 Å². The van der Waals surface area contributed by atoms with E-state index in [1.807, 2.05) is 48.5 Å². The molecule has 3 aromatic carbocycles. The Morgan fingerprint density at radius 3 is 2.31 bits per heavy atom. The van der Waals surface area contributed by atoms with Gasteiger partial charge in [-0.2, -0.15) is 0 Å². The van der Waals surface area contributed by atoms with Crippen molar-refractivity contribution >= 4 is 17.7 Å². The molecule has 1 N–H and O–H groups in total. The second kappa shape index (κ2) is 9.43. The summed E-state index contributed by atoms with van der Waals surface area (Å²) in [4.78, 5) is 27.2. The number of ether oxygens (including phenoxy) is 3. The van der Waals surface area contributed by atoms with Crippen LogP contribution in [0.4, 0.5) is 10.5 Å². The van der Waals surface area contributed by atoms with Crippen molar-refractivity contribution in [1.29, 1.82) is 0 Å².